The first-order valence-corrected chi connectivity index (χ1v) is 6.73. The molecular weight excluding hydrogens is 212 g/mol. The second-order valence-electron chi connectivity index (χ2n) is 5.39. The minimum Gasteiger partial charge on any atom is -0.352 e. The molecule has 1 N–H and O–H groups in total. The zero-order chi connectivity index (χ0) is 13.1. The Bertz CT molecular complexity index is 315. The second-order valence-corrected chi connectivity index (χ2v) is 5.39. The van der Waals surface area contributed by atoms with Gasteiger partial charge in [-0.05, 0) is 37.5 Å². The Morgan fingerprint density at radius 1 is 1.35 bits per heavy atom. The topological polar surface area (TPSA) is 52.9 Å². The third-order valence-electron chi connectivity index (χ3n) is 4.64. The van der Waals surface area contributed by atoms with E-state index in [0.717, 1.165) is 6.42 Å². The van der Waals surface area contributed by atoms with Gasteiger partial charge in [0.15, 0.2) is 0 Å². The van der Waals surface area contributed by atoms with E-state index >= 15 is 0 Å². The molecule has 0 bridgehead atoms. The van der Waals surface area contributed by atoms with Gasteiger partial charge in [0.2, 0.25) is 5.91 Å². The number of carbonyl (C=O) groups is 1. The lowest BCUT2D eigenvalue weighted by molar-refractivity contribution is -0.129. The van der Waals surface area contributed by atoms with E-state index in [1.807, 2.05) is 13.8 Å². The lowest BCUT2D eigenvalue weighted by Crippen LogP contribution is -2.45. The van der Waals surface area contributed by atoms with Crippen molar-refractivity contribution in [3.8, 4) is 6.07 Å². The molecule has 0 heterocycles. The highest BCUT2D eigenvalue weighted by Crippen LogP contribution is 2.33. The van der Waals surface area contributed by atoms with Gasteiger partial charge in [0, 0.05) is 6.04 Å². The largest absolute Gasteiger partial charge is 0.352 e. The van der Waals surface area contributed by atoms with Crippen LogP contribution in [0.1, 0.15) is 53.4 Å². The average Bonchev–Trinajstić information content (AvgIpc) is 2.64. The highest BCUT2D eigenvalue weighted by atomic mass is 16.2. The Balaban J connectivity index is 2.69. The van der Waals surface area contributed by atoms with Crippen molar-refractivity contribution in [3.63, 3.8) is 0 Å². The summed E-state index contributed by atoms with van der Waals surface area (Å²) in [5.74, 6) is 1.11. The van der Waals surface area contributed by atoms with Crippen LogP contribution in [0.2, 0.25) is 0 Å². The fourth-order valence-electron chi connectivity index (χ4n) is 2.65. The fourth-order valence-corrected chi connectivity index (χ4v) is 2.65. The molecule has 0 aromatic heterocycles. The Kier molecular flexibility index (Phi) is 4.56. The number of nitrogens with one attached hydrogen (secondary N) is 1. The van der Waals surface area contributed by atoms with Crippen molar-refractivity contribution in [1.82, 2.24) is 5.32 Å². The molecule has 3 nitrogen and oxygen atoms in total. The summed E-state index contributed by atoms with van der Waals surface area (Å²) in [6.07, 6.45) is 3.39. The summed E-state index contributed by atoms with van der Waals surface area (Å²) in [7, 11) is 0. The lowest BCUT2D eigenvalue weighted by atomic mass is 9.82. The highest BCUT2D eigenvalue weighted by Gasteiger charge is 2.38. The maximum Gasteiger partial charge on any atom is 0.240 e. The number of hydrogen-bond acceptors (Lipinski definition) is 2. The van der Waals surface area contributed by atoms with Crippen LogP contribution in [-0.2, 0) is 4.79 Å². The Morgan fingerprint density at radius 3 is 2.29 bits per heavy atom. The van der Waals surface area contributed by atoms with Gasteiger partial charge in [-0.25, -0.2) is 0 Å². The van der Waals surface area contributed by atoms with E-state index in [2.05, 4.69) is 25.2 Å². The Labute approximate surface area is 105 Å². The third-order valence-corrected chi connectivity index (χ3v) is 4.64. The predicted molar refractivity (Wildman–Crippen MR) is 68.1 cm³/mol. The SMILES string of the molecule is CCC(C#N)(CC)C(=O)NC1CCC(C)C1C. The summed E-state index contributed by atoms with van der Waals surface area (Å²) in [6, 6.07) is 2.46. The molecular formula is C14H24N2O. The molecule has 1 amide bonds. The summed E-state index contributed by atoms with van der Waals surface area (Å²) in [4.78, 5) is 12.2. The average molecular weight is 236 g/mol. The molecule has 0 spiro atoms. The van der Waals surface area contributed by atoms with Crippen molar-refractivity contribution in [2.75, 3.05) is 0 Å². The van der Waals surface area contributed by atoms with Crippen molar-refractivity contribution in [2.24, 2.45) is 17.3 Å². The third kappa shape index (κ3) is 2.62. The number of hydrogen-bond donors (Lipinski definition) is 1. The molecule has 17 heavy (non-hydrogen) atoms. The molecule has 3 atom stereocenters. The van der Waals surface area contributed by atoms with E-state index in [9.17, 15) is 10.1 Å². The minimum atomic E-state index is -0.828. The zero-order valence-electron chi connectivity index (χ0n) is 11.4. The van der Waals surface area contributed by atoms with Crippen LogP contribution in [0.4, 0.5) is 0 Å². The Morgan fingerprint density at radius 2 is 1.94 bits per heavy atom. The van der Waals surface area contributed by atoms with Gasteiger partial charge >= 0.3 is 0 Å². The molecule has 0 aromatic carbocycles. The van der Waals surface area contributed by atoms with Crippen LogP contribution in [-0.4, -0.2) is 11.9 Å². The molecule has 1 saturated carbocycles. The molecule has 3 unspecified atom stereocenters. The van der Waals surface area contributed by atoms with Crippen LogP contribution in [0.5, 0.6) is 0 Å². The molecule has 96 valence electrons. The normalized spacial score (nSPS) is 28.8. The van der Waals surface area contributed by atoms with E-state index in [1.165, 1.54) is 6.42 Å². The first kappa shape index (κ1) is 14.0. The number of nitriles is 1. The molecule has 1 aliphatic rings. The highest BCUT2D eigenvalue weighted by molar-refractivity contribution is 5.85. The summed E-state index contributed by atoms with van der Waals surface area (Å²) in [5, 5.41) is 12.3. The maximum absolute atomic E-state index is 12.2. The smallest absolute Gasteiger partial charge is 0.240 e. The number of rotatable bonds is 4. The zero-order valence-corrected chi connectivity index (χ0v) is 11.4. The van der Waals surface area contributed by atoms with Gasteiger partial charge in [0.25, 0.3) is 0 Å². The first-order valence-electron chi connectivity index (χ1n) is 6.73. The van der Waals surface area contributed by atoms with Crippen LogP contribution in [0.15, 0.2) is 0 Å². The Hall–Kier alpha value is -1.04. The van der Waals surface area contributed by atoms with Gasteiger partial charge in [-0.1, -0.05) is 27.7 Å². The van der Waals surface area contributed by atoms with Gasteiger partial charge < -0.3 is 5.32 Å². The van der Waals surface area contributed by atoms with Gasteiger partial charge in [-0.15, -0.1) is 0 Å². The number of amides is 1. The first-order chi connectivity index (χ1) is 8.00. The van der Waals surface area contributed by atoms with Crippen LogP contribution in [0.3, 0.4) is 0 Å². The quantitative estimate of drug-likeness (QED) is 0.816. The molecule has 1 aliphatic carbocycles. The lowest BCUT2D eigenvalue weighted by Gasteiger charge is -2.27. The molecule has 0 saturated heterocycles. The summed E-state index contributed by atoms with van der Waals surface area (Å²) < 4.78 is 0. The van der Waals surface area contributed by atoms with E-state index in [1.54, 1.807) is 0 Å². The van der Waals surface area contributed by atoms with Crippen molar-refractivity contribution in [3.05, 3.63) is 0 Å². The summed E-state index contributed by atoms with van der Waals surface area (Å²) >= 11 is 0. The number of nitrogens with zero attached hydrogens (tertiary/aromatic N) is 1. The predicted octanol–water partition coefficient (Wildman–Crippen LogP) is 2.87. The number of carbonyl (C=O) groups excluding carboxylic acids is 1. The molecule has 3 heteroatoms. The van der Waals surface area contributed by atoms with Crippen LogP contribution >= 0.6 is 0 Å². The molecule has 1 rings (SSSR count). The van der Waals surface area contributed by atoms with Crippen LogP contribution in [0.25, 0.3) is 0 Å². The minimum absolute atomic E-state index is 0.0732. The molecule has 0 aromatic rings. The molecule has 0 radical (unpaired) electrons. The molecule has 0 aliphatic heterocycles. The standard InChI is InChI=1S/C14H24N2O/c1-5-14(6-2,9-15)13(17)16-12-8-7-10(3)11(12)4/h10-12H,5-8H2,1-4H3,(H,16,17). The van der Waals surface area contributed by atoms with Gasteiger partial charge in [-0.3, -0.25) is 4.79 Å². The van der Waals surface area contributed by atoms with E-state index in [-0.39, 0.29) is 11.9 Å². The van der Waals surface area contributed by atoms with E-state index in [4.69, 9.17) is 0 Å². The molecule has 1 fully saturated rings. The monoisotopic (exact) mass is 236 g/mol. The summed E-state index contributed by atoms with van der Waals surface area (Å²) in [6.45, 7) is 8.24. The van der Waals surface area contributed by atoms with Crippen molar-refractivity contribution in [2.45, 2.75) is 59.4 Å². The van der Waals surface area contributed by atoms with Gasteiger partial charge in [0.1, 0.15) is 5.41 Å². The summed E-state index contributed by atoms with van der Waals surface area (Å²) in [5.41, 5.74) is -0.828. The van der Waals surface area contributed by atoms with Crippen LogP contribution in [0, 0.1) is 28.6 Å². The van der Waals surface area contributed by atoms with Gasteiger partial charge in [-0.2, -0.15) is 5.26 Å². The van der Waals surface area contributed by atoms with Crippen molar-refractivity contribution < 1.29 is 4.79 Å². The fraction of sp³-hybridized carbons (Fsp3) is 0.857. The van der Waals surface area contributed by atoms with Crippen molar-refractivity contribution in [1.29, 1.82) is 5.26 Å². The van der Waals surface area contributed by atoms with Crippen molar-refractivity contribution >= 4 is 5.91 Å². The van der Waals surface area contributed by atoms with E-state index in [0.29, 0.717) is 24.7 Å². The van der Waals surface area contributed by atoms with Crippen LogP contribution < -0.4 is 5.32 Å². The second kappa shape index (κ2) is 5.53. The maximum atomic E-state index is 12.2. The van der Waals surface area contributed by atoms with Gasteiger partial charge in [0.05, 0.1) is 6.07 Å². The van der Waals surface area contributed by atoms with E-state index < -0.39 is 5.41 Å².